The highest BCUT2D eigenvalue weighted by molar-refractivity contribution is 5.38. The Kier molecular flexibility index (Phi) is 3.64. The van der Waals surface area contributed by atoms with E-state index in [1.54, 1.807) is 0 Å². The molecule has 0 spiro atoms. The molecule has 2 atom stereocenters. The van der Waals surface area contributed by atoms with Crippen molar-refractivity contribution in [3.8, 4) is 0 Å². The highest BCUT2D eigenvalue weighted by atomic mass is 16.5. The summed E-state index contributed by atoms with van der Waals surface area (Å²) in [5.41, 5.74) is 5.41. The smallest absolute Gasteiger partial charge is 0.0685 e. The number of hydrogen-bond donors (Lipinski definition) is 1. The monoisotopic (exact) mass is 274 g/mol. The summed E-state index contributed by atoms with van der Waals surface area (Å²) < 4.78 is 6.00. The number of rotatable bonds is 4. The molecule has 1 aromatic rings. The lowest BCUT2D eigenvalue weighted by molar-refractivity contribution is 0.000455. The van der Waals surface area contributed by atoms with Crippen LogP contribution in [0.15, 0.2) is 12.1 Å². The van der Waals surface area contributed by atoms with Crippen molar-refractivity contribution in [3.63, 3.8) is 0 Å². The summed E-state index contributed by atoms with van der Waals surface area (Å²) in [5, 5.41) is 10.1. The molecule has 1 aliphatic carbocycles. The number of aryl methyl sites for hydroxylation is 3. The maximum absolute atomic E-state index is 10.1. The van der Waals surface area contributed by atoms with E-state index in [4.69, 9.17) is 4.74 Å². The predicted octanol–water partition coefficient (Wildman–Crippen LogP) is 3.33. The van der Waals surface area contributed by atoms with E-state index < -0.39 is 0 Å². The van der Waals surface area contributed by atoms with Crippen molar-refractivity contribution in [3.05, 3.63) is 34.4 Å². The molecular weight excluding hydrogens is 248 g/mol. The van der Waals surface area contributed by atoms with E-state index >= 15 is 0 Å². The first-order valence-corrected chi connectivity index (χ1v) is 7.85. The summed E-state index contributed by atoms with van der Waals surface area (Å²) in [6.45, 7) is 7.61. The van der Waals surface area contributed by atoms with Crippen molar-refractivity contribution in [1.82, 2.24) is 0 Å². The predicted molar refractivity (Wildman–Crippen MR) is 81.0 cm³/mol. The molecule has 0 aromatic heterocycles. The summed E-state index contributed by atoms with van der Waals surface area (Å²) in [4.78, 5) is 0. The number of aliphatic hydroxyl groups excluding tert-OH is 1. The fourth-order valence-electron chi connectivity index (χ4n) is 4.00. The van der Waals surface area contributed by atoms with Crippen molar-refractivity contribution >= 4 is 0 Å². The summed E-state index contributed by atoms with van der Waals surface area (Å²) in [6.07, 6.45) is 4.78. The number of ether oxygens (including phenoxy) is 1. The third-order valence-electron chi connectivity index (χ3n) is 5.24. The molecule has 2 fully saturated rings. The van der Waals surface area contributed by atoms with Crippen LogP contribution in [0.4, 0.5) is 0 Å². The van der Waals surface area contributed by atoms with Crippen LogP contribution in [0, 0.1) is 32.1 Å². The van der Waals surface area contributed by atoms with Gasteiger partial charge in [0.15, 0.2) is 0 Å². The van der Waals surface area contributed by atoms with Crippen molar-refractivity contribution in [1.29, 1.82) is 0 Å². The standard InChI is InChI=1S/C18H26O2/c1-12-8-13(2)16(14(3)9-12)10-18(11-19)6-7-20-17(18)15-4-5-15/h8-9,15,17,19H,4-7,10-11H2,1-3H3. The first kappa shape index (κ1) is 14.1. The largest absolute Gasteiger partial charge is 0.396 e. The molecule has 1 saturated heterocycles. The van der Waals surface area contributed by atoms with E-state index in [1.807, 2.05) is 0 Å². The molecule has 2 heteroatoms. The van der Waals surface area contributed by atoms with E-state index in [2.05, 4.69) is 32.9 Å². The third-order valence-corrected chi connectivity index (χ3v) is 5.24. The lowest BCUT2D eigenvalue weighted by atomic mass is 9.73. The van der Waals surface area contributed by atoms with E-state index in [-0.39, 0.29) is 18.1 Å². The number of benzene rings is 1. The topological polar surface area (TPSA) is 29.5 Å². The number of aliphatic hydroxyl groups is 1. The molecule has 110 valence electrons. The van der Waals surface area contributed by atoms with Gasteiger partial charge in [-0.2, -0.15) is 0 Å². The summed E-state index contributed by atoms with van der Waals surface area (Å²) >= 11 is 0. The maximum Gasteiger partial charge on any atom is 0.0685 e. The molecule has 0 bridgehead atoms. The van der Waals surface area contributed by atoms with Gasteiger partial charge in [0.25, 0.3) is 0 Å². The van der Waals surface area contributed by atoms with Gasteiger partial charge >= 0.3 is 0 Å². The molecule has 0 radical (unpaired) electrons. The van der Waals surface area contributed by atoms with Crippen molar-refractivity contribution < 1.29 is 9.84 Å². The molecule has 0 amide bonds. The Morgan fingerprint density at radius 3 is 2.40 bits per heavy atom. The fraction of sp³-hybridized carbons (Fsp3) is 0.667. The quantitative estimate of drug-likeness (QED) is 0.912. The molecular formula is C18H26O2. The van der Waals surface area contributed by atoms with E-state index in [0.717, 1.165) is 19.4 Å². The molecule has 20 heavy (non-hydrogen) atoms. The Bertz CT molecular complexity index is 481. The molecule has 1 N–H and O–H groups in total. The van der Waals surface area contributed by atoms with Crippen LogP contribution in [0.1, 0.15) is 41.5 Å². The summed E-state index contributed by atoms with van der Waals surface area (Å²) in [5.74, 6) is 0.690. The molecule has 2 aliphatic rings. The Morgan fingerprint density at radius 1 is 1.20 bits per heavy atom. The molecule has 1 aliphatic heterocycles. The highest BCUT2D eigenvalue weighted by Gasteiger charge is 2.50. The zero-order chi connectivity index (χ0) is 14.3. The van der Waals surface area contributed by atoms with Crippen LogP contribution in [-0.4, -0.2) is 24.4 Å². The minimum Gasteiger partial charge on any atom is -0.396 e. The zero-order valence-electron chi connectivity index (χ0n) is 12.9. The highest BCUT2D eigenvalue weighted by Crippen LogP contribution is 2.49. The van der Waals surface area contributed by atoms with Gasteiger partial charge in [0.2, 0.25) is 0 Å². The van der Waals surface area contributed by atoms with Crippen molar-refractivity contribution in [2.24, 2.45) is 11.3 Å². The second-order valence-corrected chi connectivity index (χ2v) is 6.95. The normalized spacial score (nSPS) is 29.9. The van der Waals surface area contributed by atoms with Crippen LogP contribution in [0.2, 0.25) is 0 Å². The SMILES string of the molecule is Cc1cc(C)c(CC2(CO)CCOC2C2CC2)c(C)c1. The lowest BCUT2D eigenvalue weighted by Gasteiger charge is -2.33. The molecule has 2 nitrogen and oxygen atoms in total. The number of hydrogen-bond acceptors (Lipinski definition) is 2. The second kappa shape index (κ2) is 5.16. The van der Waals surface area contributed by atoms with Gasteiger partial charge in [0, 0.05) is 12.0 Å². The van der Waals surface area contributed by atoms with Crippen molar-refractivity contribution in [2.75, 3.05) is 13.2 Å². The molecule has 1 saturated carbocycles. The van der Waals surface area contributed by atoms with Crippen LogP contribution < -0.4 is 0 Å². The van der Waals surface area contributed by atoms with Gasteiger partial charge < -0.3 is 9.84 Å². The molecule has 3 rings (SSSR count). The minimum atomic E-state index is -0.0497. The van der Waals surface area contributed by atoms with Gasteiger partial charge in [-0.15, -0.1) is 0 Å². The van der Waals surface area contributed by atoms with Gasteiger partial charge in [-0.05, 0) is 69.1 Å². The first-order chi connectivity index (χ1) is 9.55. The lowest BCUT2D eigenvalue weighted by Crippen LogP contribution is -2.38. The van der Waals surface area contributed by atoms with Crippen LogP contribution in [0.3, 0.4) is 0 Å². The average Bonchev–Trinajstić information content (AvgIpc) is 3.15. The van der Waals surface area contributed by atoms with E-state index in [9.17, 15) is 5.11 Å². The van der Waals surface area contributed by atoms with Gasteiger partial charge in [-0.25, -0.2) is 0 Å². The van der Waals surface area contributed by atoms with Gasteiger partial charge in [-0.1, -0.05) is 17.7 Å². The Balaban J connectivity index is 1.91. The fourth-order valence-corrected chi connectivity index (χ4v) is 4.00. The maximum atomic E-state index is 10.1. The average molecular weight is 274 g/mol. The summed E-state index contributed by atoms with van der Waals surface area (Å²) in [7, 11) is 0. The Hall–Kier alpha value is -0.860. The van der Waals surface area contributed by atoms with Crippen LogP contribution in [0.5, 0.6) is 0 Å². The van der Waals surface area contributed by atoms with Crippen molar-refractivity contribution in [2.45, 2.75) is 52.6 Å². The van der Waals surface area contributed by atoms with Crippen LogP contribution >= 0.6 is 0 Å². The van der Waals surface area contributed by atoms with Crippen LogP contribution in [0.25, 0.3) is 0 Å². The first-order valence-electron chi connectivity index (χ1n) is 7.85. The zero-order valence-corrected chi connectivity index (χ0v) is 12.9. The second-order valence-electron chi connectivity index (χ2n) is 6.95. The van der Waals surface area contributed by atoms with Gasteiger partial charge in [0.1, 0.15) is 0 Å². The van der Waals surface area contributed by atoms with E-state index in [0.29, 0.717) is 5.92 Å². The van der Waals surface area contributed by atoms with E-state index in [1.165, 1.54) is 35.1 Å². The summed E-state index contributed by atoms with van der Waals surface area (Å²) in [6, 6.07) is 4.52. The van der Waals surface area contributed by atoms with Gasteiger partial charge in [-0.3, -0.25) is 0 Å². The molecule has 1 aromatic carbocycles. The third kappa shape index (κ3) is 2.40. The van der Waals surface area contributed by atoms with Gasteiger partial charge in [0.05, 0.1) is 12.7 Å². The minimum absolute atomic E-state index is 0.0497. The molecule has 2 unspecified atom stereocenters. The molecule has 1 heterocycles. The van der Waals surface area contributed by atoms with Crippen LogP contribution in [-0.2, 0) is 11.2 Å². The Morgan fingerprint density at radius 2 is 1.85 bits per heavy atom. The Labute approximate surface area is 122 Å².